The van der Waals surface area contributed by atoms with Gasteiger partial charge in [-0.3, -0.25) is 0 Å². The zero-order valence-corrected chi connectivity index (χ0v) is 14.6. The first kappa shape index (κ1) is 17.5. The van der Waals surface area contributed by atoms with E-state index in [1.807, 2.05) is 32.8 Å². The normalized spacial score (nSPS) is 30.2. The summed E-state index contributed by atoms with van der Waals surface area (Å²) >= 11 is 0. The number of rotatable bonds is 3. The number of hydrogen-bond donors (Lipinski definition) is 1. The highest BCUT2D eigenvalue weighted by Gasteiger charge is 2.30. The Morgan fingerprint density at radius 1 is 1.09 bits per heavy atom. The zero-order chi connectivity index (χ0) is 16.2. The third-order valence-corrected chi connectivity index (χ3v) is 4.58. The Morgan fingerprint density at radius 3 is 2.55 bits per heavy atom. The molecule has 0 bridgehead atoms. The van der Waals surface area contributed by atoms with Crippen molar-refractivity contribution in [1.29, 1.82) is 0 Å². The standard InChI is InChI=1S/C17H32N2O3/c1-17(2,3)22-16(20)19-11-6-7-13(10-12-19)18-14-8-5-9-15(14)21-4/h13-15,18H,5-12H2,1-4H3. The maximum absolute atomic E-state index is 12.2. The summed E-state index contributed by atoms with van der Waals surface area (Å²) in [6.45, 7) is 7.32. The summed E-state index contributed by atoms with van der Waals surface area (Å²) in [5.41, 5.74) is -0.420. The van der Waals surface area contributed by atoms with Gasteiger partial charge in [0.15, 0.2) is 0 Å². The second kappa shape index (κ2) is 7.64. The summed E-state index contributed by atoms with van der Waals surface area (Å²) in [5, 5.41) is 3.76. The van der Waals surface area contributed by atoms with Gasteiger partial charge in [-0.2, -0.15) is 0 Å². The van der Waals surface area contributed by atoms with E-state index in [9.17, 15) is 4.79 Å². The number of likely N-dealkylation sites (tertiary alicyclic amines) is 1. The van der Waals surface area contributed by atoms with Crippen molar-refractivity contribution in [2.45, 2.75) is 83.1 Å². The molecule has 1 saturated carbocycles. The molecule has 0 aromatic heterocycles. The van der Waals surface area contributed by atoms with Crippen LogP contribution in [-0.4, -0.2) is 55.0 Å². The van der Waals surface area contributed by atoms with Crippen LogP contribution in [0.5, 0.6) is 0 Å². The number of amides is 1. The van der Waals surface area contributed by atoms with Crippen LogP contribution in [0.1, 0.15) is 59.3 Å². The molecule has 1 aliphatic carbocycles. The number of ether oxygens (including phenoxy) is 2. The van der Waals surface area contributed by atoms with Gasteiger partial charge in [-0.25, -0.2) is 4.79 Å². The van der Waals surface area contributed by atoms with Crippen molar-refractivity contribution in [2.75, 3.05) is 20.2 Å². The van der Waals surface area contributed by atoms with Gasteiger partial charge in [0.25, 0.3) is 0 Å². The van der Waals surface area contributed by atoms with Gasteiger partial charge in [0.05, 0.1) is 6.10 Å². The molecule has 1 aliphatic heterocycles. The summed E-state index contributed by atoms with van der Waals surface area (Å²) in [6, 6.07) is 0.955. The molecule has 1 N–H and O–H groups in total. The van der Waals surface area contributed by atoms with Crippen LogP contribution in [0.15, 0.2) is 0 Å². The minimum absolute atomic E-state index is 0.177. The predicted molar refractivity (Wildman–Crippen MR) is 87.0 cm³/mol. The molecular weight excluding hydrogens is 280 g/mol. The fraction of sp³-hybridized carbons (Fsp3) is 0.941. The lowest BCUT2D eigenvalue weighted by Crippen LogP contribution is -2.44. The molecule has 1 saturated heterocycles. The van der Waals surface area contributed by atoms with Gasteiger partial charge in [0, 0.05) is 32.3 Å². The molecule has 0 spiro atoms. The van der Waals surface area contributed by atoms with E-state index in [1.165, 1.54) is 12.8 Å². The van der Waals surface area contributed by atoms with Gasteiger partial charge in [0.1, 0.15) is 5.60 Å². The second-order valence-corrected chi connectivity index (χ2v) is 7.57. The minimum atomic E-state index is -0.420. The summed E-state index contributed by atoms with van der Waals surface area (Å²) in [7, 11) is 1.81. The average Bonchev–Trinajstić information content (AvgIpc) is 2.73. The van der Waals surface area contributed by atoms with Gasteiger partial charge in [-0.15, -0.1) is 0 Å². The first-order valence-electron chi connectivity index (χ1n) is 8.66. The van der Waals surface area contributed by atoms with Crippen molar-refractivity contribution < 1.29 is 14.3 Å². The third kappa shape index (κ3) is 5.13. The molecule has 5 heteroatoms. The lowest BCUT2D eigenvalue weighted by Gasteiger charge is -2.27. The van der Waals surface area contributed by atoms with E-state index >= 15 is 0 Å². The van der Waals surface area contributed by atoms with Crippen LogP contribution in [0.4, 0.5) is 4.79 Å². The monoisotopic (exact) mass is 312 g/mol. The lowest BCUT2D eigenvalue weighted by molar-refractivity contribution is 0.0255. The fourth-order valence-corrected chi connectivity index (χ4v) is 3.47. The van der Waals surface area contributed by atoms with Crippen LogP contribution in [0.3, 0.4) is 0 Å². The molecule has 1 heterocycles. The van der Waals surface area contributed by atoms with E-state index in [-0.39, 0.29) is 6.09 Å². The summed E-state index contributed by atoms with van der Waals surface area (Å²) in [6.07, 6.45) is 6.91. The number of hydrogen-bond acceptors (Lipinski definition) is 4. The van der Waals surface area contributed by atoms with Crippen LogP contribution in [-0.2, 0) is 9.47 Å². The van der Waals surface area contributed by atoms with Crippen molar-refractivity contribution in [1.82, 2.24) is 10.2 Å². The first-order valence-corrected chi connectivity index (χ1v) is 8.66. The number of carbonyl (C=O) groups is 1. The molecule has 22 heavy (non-hydrogen) atoms. The van der Waals surface area contributed by atoms with E-state index < -0.39 is 5.60 Å². The SMILES string of the molecule is COC1CCCC1NC1CCCN(C(=O)OC(C)(C)C)CC1. The maximum atomic E-state index is 12.2. The molecule has 2 fully saturated rings. The van der Waals surface area contributed by atoms with E-state index in [0.717, 1.165) is 38.8 Å². The number of carbonyl (C=O) groups excluding carboxylic acids is 1. The van der Waals surface area contributed by atoms with Crippen molar-refractivity contribution in [3.63, 3.8) is 0 Å². The van der Waals surface area contributed by atoms with Gasteiger partial charge in [-0.1, -0.05) is 0 Å². The Bertz CT molecular complexity index is 367. The van der Waals surface area contributed by atoms with Crippen LogP contribution in [0.2, 0.25) is 0 Å². The molecule has 5 nitrogen and oxygen atoms in total. The molecule has 3 atom stereocenters. The number of nitrogens with zero attached hydrogens (tertiary/aromatic N) is 1. The highest BCUT2D eigenvalue weighted by Crippen LogP contribution is 2.24. The summed E-state index contributed by atoms with van der Waals surface area (Å²) in [4.78, 5) is 14.0. The van der Waals surface area contributed by atoms with Gasteiger partial charge >= 0.3 is 6.09 Å². The largest absolute Gasteiger partial charge is 0.444 e. The van der Waals surface area contributed by atoms with E-state index in [1.54, 1.807) is 0 Å². The van der Waals surface area contributed by atoms with Crippen LogP contribution < -0.4 is 5.32 Å². The van der Waals surface area contributed by atoms with Crippen molar-refractivity contribution >= 4 is 6.09 Å². The highest BCUT2D eigenvalue weighted by atomic mass is 16.6. The Labute approximate surface area is 134 Å². The molecule has 128 valence electrons. The van der Waals surface area contributed by atoms with Gasteiger partial charge in [-0.05, 0) is 59.3 Å². The summed E-state index contributed by atoms with van der Waals surface area (Å²) < 4.78 is 11.0. The van der Waals surface area contributed by atoms with E-state index in [4.69, 9.17) is 9.47 Å². The van der Waals surface area contributed by atoms with Gasteiger partial charge < -0.3 is 19.7 Å². The minimum Gasteiger partial charge on any atom is -0.444 e. The Morgan fingerprint density at radius 2 is 1.86 bits per heavy atom. The number of nitrogens with one attached hydrogen (secondary N) is 1. The molecule has 2 rings (SSSR count). The van der Waals surface area contributed by atoms with E-state index in [2.05, 4.69) is 5.32 Å². The second-order valence-electron chi connectivity index (χ2n) is 7.57. The van der Waals surface area contributed by atoms with Crippen molar-refractivity contribution in [3.8, 4) is 0 Å². The van der Waals surface area contributed by atoms with E-state index in [0.29, 0.717) is 18.2 Å². The average molecular weight is 312 g/mol. The molecule has 2 aliphatic rings. The zero-order valence-electron chi connectivity index (χ0n) is 14.6. The quantitative estimate of drug-likeness (QED) is 0.870. The fourth-order valence-electron chi connectivity index (χ4n) is 3.47. The molecule has 0 aromatic carbocycles. The first-order chi connectivity index (χ1) is 10.4. The molecule has 0 radical (unpaired) electrons. The molecular formula is C17H32N2O3. The lowest BCUT2D eigenvalue weighted by atomic mass is 10.1. The molecule has 1 amide bonds. The van der Waals surface area contributed by atoms with Crippen LogP contribution in [0.25, 0.3) is 0 Å². The van der Waals surface area contributed by atoms with Crippen LogP contribution >= 0.6 is 0 Å². The Kier molecular flexibility index (Phi) is 6.09. The summed E-state index contributed by atoms with van der Waals surface area (Å²) in [5.74, 6) is 0. The third-order valence-electron chi connectivity index (χ3n) is 4.58. The van der Waals surface area contributed by atoms with Crippen molar-refractivity contribution in [2.24, 2.45) is 0 Å². The number of methoxy groups -OCH3 is 1. The smallest absolute Gasteiger partial charge is 0.410 e. The highest BCUT2D eigenvalue weighted by molar-refractivity contribution is 5.68. The molecule has 3 unspecified atom stereocenters. The molecule has 0 aromatic rings. The maximum Gasteiger partial charge on any atom is 0.410 e. The van der Waals surface area contributed by atoms with Crippen LogP contribution in [0, 0.1) is 0 Å². The topological polar surface area (TPSA) is 50.8 Å². The Balaban J connectivity index is 1.81. The Hall–Kier alpha value is -0.810. The van der Waals surface area contributed by atoms with Gasteiger partial charge in [0.2, 0.25) is 0 Å². The van der Waals surface area contributed by atoms with Crippen molar-refractivity contribution in [3.05, 3.63) is 0 Å². The predicted octanol–water partition coefficient (Wildman–Crippen LogP) is 2.93.